The molecular formula is C12H18N4O. The Balaban J connectivity index is 1.70. The molecule has 1 saturated heterocycles. The van der Waals surface area contributed by atoms with Gasteiger partial charge in [0.15, 0.2) is 0 Å². The minimum absolute atomic E-state index is 0.151. The van der Waals surface area contributed by atoms with E-state index in [2.05, 4.69) is 20.9 Å². The largest absolute Gasteiger partial charge is 0.338 e. The predicted octanol–water partition coefficient (Wildman–Crippen LogP) is 1.20. The number of carbonyl (C=O) groups is 1. The van der Waals surface area contributed by atoms with Gasteiger partial charge in [-0.05, 0) is 44.0 Å². The maximum absolute atomic E-state index is 11.6. The van der Waals surface area contributed by atoms with Gasteiger partial charge in [-0.25, -0.2) is 4.79 Å². The third-order valence-electron chi connectivity index (χ3n) is 2.89. The number of anilines is 1. The van der Waals surface area contributed by atoms with Crippen molar-refractivity contribution in [2.45, 2.75) is 12.8 Å². The molecule has 5 nitrogen and oxygen atoms in total. The summed E-state index contributed by atoms with van der Waals surface area (Å²) < 4.78 is 0. The van der Waals surface area contributed by atoms with Gasteiger partial charge in [-0.2, -0.15) is 0 Å². The molecule has 3 N–H and O–H groups in total. The molecule has 17 heavy (non-hydrogen) atoms. The third-order valence-corrected chi connectivity index (χ3v) is 2.89. The maximum Gasteiger partial charge on any atom is 0.319 e. The first-order chi connectivity index (χ1) is 8.34. The summed E-state index contributed by atoms with van der Waals surface area (Å²) in [6.45, 7) is 2.82. The maximum atomic E-state index is 11.6. The van der Waals surface area contributed by atoms with Gasteiger partial charge < -0.3 is 16.0 Å². The Labute approximate surface area is 101 Å². The van der Waals surface area contributed by atoms with E-state index < -0.39 is 0 Å². The summed E-state index contributed by atoms with van der Waals surface area (Å²) in [5, 5.41) is 8.99. The minimum Gasteiger partial charge on any atom is -0.338 e. The van der Waals surface area contributed by atoms with E-state index in [0.29, 0.717) is 5.92 Å². The lowest BCUT2D eigenvalue weighted by Gasteiger charge is -2.22. The van der Waals surface area contributed by atoms with Crippen molar-refractivity contribution in [3.8, 4) is 0 Å². The van der Waals surface area contributed by atoms with Gasteiger partial charge >= 0.3 is 6.03 Å². The Morgan fingerprint density at radius 3 is 3.00 bits per heavy atom. The van der Waals surface area contributed by atoms with Crippen molar-refractivity contribution in [2.75, 3.05) is 25.0 Å². The lowest BCUT2D eigenvalue weighted by molar-refractivity contribution is 0.248. The third kappa shape index (κ3) is 4.03. The molecule has 1 aliphatic rings. The second kappa shape index (κ2) is 6.20. The Morgan fingerprint density at radius 2 is 2.29 bits per heavy atom. The van der Waals surface area contributed by atoms with E-state index in [1.54, 1.807) is 24.5 Å². The number of urea groups is 1. The highest BCUT2D eigenvalue weighted by molar-refractivity contribution is 5.89. The summed E-state index contributed by atoms with van der Waals surface area (Å²) in [5.74, 6) is 0.548. The van der Waals surface area contributed by atoms with Crippen LogP contribution in [0.5, 0.6) is 0 Å². The Hall–Kier alpha value is -1.62. The zero-order chi connectivity index (χ0) is 11.9. The van der Waals surface area contributed by atoms with Crippen molar-refractivity contribution in [2.24, 2.45) is 5.92 Å². The predicted molar refractivity (Wildman–Crippen MR) is 66.9 cm³/mol. The Bertz CT molecular complexity index is 349. The van der Waals surface area contributed by atoms with Gasteiger partial charge in [0.2, 0.25) is 0 Å². The minimum atomic E-state index is -0.151. The van der Waals surface area contributed by atoms with Gasteiger partial charge in [0.1, 0.15) is 0 Å². The summed E-state index contributed by atoms with van der Waals surface area (Å²) >= 11 is 0. The van der Waals surface area contributed by atoms with Crippen molar-refractivity contribution < 1.29 is 4.79 Å². The molecular weight excluding hydrogens is 216 g/mol. The highest BCUT2D eigenvalue weighted by atomic mass is 16.2. The SMILES string of the molecule is O=C(NCC1CCCNC1)Nc1ccncc1. The number of pyridine rings is 1. The van der Waals surface area contributed by atoms with E-state index in [1.807, 2.05) is 0 Å². The van der Waals surface area contributed by atoms with E-state index >= 15 is 0 Å². The van der Waals surface area contributed by atoms with Crippen molar-refractivity contribution in [1.82, 2.24) is 15.6 Å². The number of rotatable bonds is 3. The highest BCUT2D eigenvalue weighted by Gasteiger charge is 2.13. The second-order valence-corrected chi connectivity index (χ2v) is 4.28. The first-order valence-corrected chi connectivity index (χ1v) is 6.00. The highest BCUT2D eigenvalue weighted by Crippen LogP contribution is 2.08. The second-order valence-electron chi connectivity index (χ2n) is 4.28. The number of hydrogen-bond donors (Lipinski definition) is 3. The normalized spacial score (nSPS) is 19.6. The van der Waals surface area contributed by atoms with Crippen molar-refractivity contribution in [3.63, 3.8) is 0 Å². The van der Waals surface area contributed by atoms with E-state index in [1.165, 1.54) is 12.8 Å². The van der Waals surface area contributed by atoms with Crippen LogP contribution in [-0.4, -0.2) is 30.6 Å². The van der Waals surface area contributed by atoms with Crippen LogP contribution in [0.1, 0.15) is 12.8 Å². The van der Waals surface area contributed by atoms with Gasteiger partial charge in [0, 0.05) is 24.6 Å². The van der Waals surface area contributed by atoms with Crippen LogP contribution in [-0.2, 0) is 0 Å². The molecule has 1 atom stereocenters. The van der Waals surface area contributed by atoms with Crippen LogP contribution in [0.3, 0.4) is 0 Å². The molecule has 0 saturated carbocycles. The van der Waals surface area contributed by atoms with Crippen LogP contribution < -0.4 is 16.0 Å². The number of carbonyl (C=O) groups excluding carboxylic acids is 1. The fraction of sp³-hybridized carbons (Fsp3) is 0.500. The van der Waals surface area contributed by atoms with E-state index in [9.17, 15) is 4.79 Å². The first-order valence-electron chi connectivity index (χ1n) is 6.00. The average Bonchev–Trinajstić information content (AvgIpc) is 2.39. The standard InChI is InChI=1S/C12H18N4O/c17-12(16-11-3-6-13-7-4-11)15-9-10-2-1-5-14-8-10/h3-4,6-7,10,14H,1-2,5,8-9H2,(H2,13,15,16,17). The summed E-state index contributed by atoms with van der Waals surface area (Å²) in [7, 11) is 0. The van der Waals surface area contributed by atoms with Crippen molar-refractivity contribution in [1.29, 1.82) is 0 Å². The molecule has 1 aromatic heterocycles. The van der Waals surface area contributed by atoms with Crippen LogP contribution in [0, 0.1) is 5.92 Å². The molecule has 1 unspecified atom stereocenters. The van der Waals surface area contributed by atoms with E-state index in [-0.39, 0.29) is 6.03 Å². The number of hydrogen-bond acceptors (Lipinski definition) is 3. The van der Waals surface area contributed by atoms with Crippen LogP contribution in [0.25, 0.3) is 0 Å². The van der Waals surface area contributed by atoms with E-state index in [4.69, 9.17) is 0 Å². The molecule has 1 aliphatic heterocycles. The lowest BCUT2D eigenvalue weighted by Crippen LogP contribution is -2.39. The molecule has 0 aromatic carbocycles. The number of piperidine rings is 1. The fourth-order valence-corrected chi connectivity index (χ4v) is 1.95. The van der Waals surface area contributed by atoms with Gasteiger partial charge in [0.05, 0.1) is 0 Å². The molecule has 2 amide bonds. The summed E-state index contributed by atoms with van der Waals surface area (Å²) in [5.41, 5.74) is 0.763. The first kappa shape index (κ1) is 11.9. The van der Waals surface area contributed by atoms with Crippen molar-refractivity contribution >= 4 is 11.7 Å². The monoisotopic (exact) mass is 234 g/mol. The lowest BCUT2D eigenvalue weighted by atomic mass is 10.00. The van der Waals surface area contributed by atoms with Gasteiger partial charge in [-0.1, -0.05) is 0 Å². The van der Waals surface area contributed by atoms with Gasteiger partial charge in [-0.15, -0.1) is 0 Å². The molecule has 2 rings (SSSR count). The Kier molecular flexibility index (Phi) is 4.32. The number of nitrogens with one attached hydrogen (secondary N) is 3. The number of nitrogens with zero attached hydrogens (tertiary/aromatic N) is 1. The smallest absolute Gasteiger partial charge is 0.319 e. The molecule has 0 aliphatic carbocycles. The quantitative estimate of drug-likeness (QED) is 0.736. The summed E-state index contributed by atoms with van der Waals surface area (Å²) in [6, 6.07) is 3.38. The van der Waals surface area contributed by atoms with Gasteiger partial charge in [0.25, 0.3) is 0 Å². The Morgan fingerprint density at radius 1 is 1.47 bits per heavy atom. The molecule has 2 heterocycles. The zero-order valence-electron chi connectivity index (χ0n) is 9.78. The summed E-state index contributed by atoms with van der Waals surface area (Å²) in [4.78, 5) is 15.5. The summed E-state index contributed by atoms with van der Waals surface area (Å²) in [6.07, 6.45) is 5.68. The van der Waals surface area contributed by atoms with Crippen LogP contribution in [0.15, 0.2) is 24.5 Å². The molecule has 92 valence electrons. The number of aromatic nitrogens is 1. The molecule has 5 heteroatoms. The van der Waals surface area contributed by atoms with Crippen LogP contribution in [0.2, 0.25) is 0 Å². The fourth-order valence-electron chi connectivity index (χ4n) is 1.95. The van der Waals surface area contributed by atoms with Crippen LogP contribution in [0.4, 0.5) is 10.5 Å². The zero-order valence-corrected chi connectivity index (χ0v) is 9.78. The van der Waals surface area contributed by atoms with E-state index in [0.717, 1.165) is 25.3 Å². The molecule has 1 fully saturated rings. The van der Waals surface area contributed by atoms with Gasteiger partial charge in [-0.3, -0.25) is 4.98 Å². The molecule has 0 radical (unpaired) electrons. The average molecular weight is 234 g/mol. The van der Waals surface area contributed by atoms with Crippen molar-refractivity contribution in [3.05, 3.63) is 24.5 Å². The topological polar surface area (TPSA) is 66.1 Å². The molecule has 0 spiro atoms. The molecule has 0 bridgehead atoms. The van der Waals surface area contributed by atoms with Crippen LogP contribution >= 0.6 is 0 Å². The molecule has 1 aromatic rings. The number of amides is 2.